The highest BCUT2D eigenvalue weighted by Gasteiger charge is 2.42. The number of hydrogen-bond acceptors (Lipinski definition) is 2. The van der Waals surface area contributed by atoms with E-state index in [1.807, 2.05) is 12.1 Å². The predicted molar refractivity (Wildman–Crippen MR) is 86.5 cm³/mol. The number of fused-ring (bicyclic) bond motifs is 1. The molecular formula is C18H22OS. The summed E-state index contributed by atoms with van der Waals surface area (Å²) in [5.74, 6) is 0.983. The number of thiophene rings is 1. The van der Waals surface area contributed by atoms with Crippen molar-refractivity contribution in [1.29, 1.82) is 0 Å². The van der Waals surface area contributed by atoms with Crippen LogP contribution in [0, 0.1) is 11.3 Å². The zero-order valence-corrected chi connectivity index (χ0v) is 13.1. The predicted octanol–water partition coefficient (Wildman–Crippen LogP) is 5.69. The maximum Gasteiger partial charge on any atom is 0.170 e. The topological polar surface area (TPSA) is 17.1 Å². The molecule has 1 fully saturated rings. The Morgan fingerprint density at radius 2 is 2.00 bits per heavy atom. The van der Waals surface area contributed by atoms with Crippen LogP contribution in [0.2, 0.25) is 0 Å². The molecule has 0 amide bonds. The monoisotopic (exact) mass is 286 g/mol. The van der Waals surface area contributed by atoms with Gasteiger partial charge in [0, 0.05) is 15.7 Å². The highest BCUT2D eigenvalue weighted by Crippen LogP contribution is 2.46. The van der Waals surface area contributed by atoms with Gasteiger partial charge in [0.25, 0.3) is 0 Å². The van der Waals surface area contributed by atoms with Gasteiger partial charge in [-0.3, -0.25) is 4.79 Å². The van der Waals surface area contributed by atoms with Crippen LogP contribution >= 0.6 is 11.3 Å². The first kappa shape index (κ1) is 13.8. The van der Waals surface area contributed by atoms with Gasteiger partial charge in [0.05, 0.1) is 0 Å². The molecule has 0 spiro atoms. The molecule has 106 valence electrons. The molecule has 20 heavy (non-hydrogen) atoms. The minimum absolute atomic E-state index is 0.0908. The maximum absolute atomic E-state index is 13.2. The Morgan fingerprint density at radius 3 is 2.70 bits per heavy atom. The van der Waals surface area contributed by atoms with Crippen LogP contribution in [0.25, 0.3) is 10.1 Å². The summed E-state index contributed by atoms with van der Waals surface area (Å²) in [7, 11) is 0. The van der Waals surface area contributed by atoms with E-state index in [-0.39, 0.29) is 5.41 Å². The highest BCUT2D eigenvalue weighted by molar-refractivity contribution is 7.17. The van der Waals surface area contributed by atoms with Gasteiger partial charge in [0.2, 0.25) is 0 Å². The molecule has 1 aromatic heterocycles. The van der Waals surface area contributed by atoms with E-state index in [1.54, 1.807) is 11.3 Å². The molecule has 0 N–H and O–H groups in total. The fourth-order valence-corrected chi connectivity index (χ4v) is 4.73. The second-order valence-electron chi connectivity index (χ2n) is 6.56. The molecule has 2 heteroatoms. The second-order valence-corrected chi connectivity index (χ2v) is 7.48. The van der Waals surface area contributed by atoms with Gasteiger partial charge in [0.15, 0.2) is 5.78 Å². The molecule has 3 rings (SSSR count). The van der Waals surface area contributed by atoms with Gasteiger partial charge in [0.1, 0.15) is 0 Å². The molecule has 0 bridgehead atoms. The quantitative estimate of drug-likeness (QED) is 0.660. The summed E-state index contributed by atoms with van der Waals surface area (Å²) in [6.07, 6.45) is 5.60. The summed E-state index contributed by atoms with van der Waals surface area (Å²) in [4.78, 5) is 13.2. The first-order valence-electron chi connectivity index (χ1n) is 7.63. The summed E-state index contributed by atoms with van der Waals surface area (Å²) in [5.41, 5.74) is 0.868. The lowest BCUT2D eigenvalue weighted by atomic mass is 9.73. The molecule has 0 radical (unpaired) electrons. The smallest absolute Gasteiger partial charge is 0.170 e. The summed E-state index contributed by atoms with van der Waals surface area (Å²) >= 11 is 1.70. The van der Waals surface area contributed by atoms with Crippen LogP contribution in [-0.4, -0.2) is 5.78 Å². The summed E-state index contributed by atoms with van der Waals surface area (Å²) < 4.78 is 1.17. The largest absolute Gasteiger partial charge is 0.294 e. The van der Waals surface area contributed by atoms with Crippen LogP contribution in [-0.2, 0) is 0 Å². The molecule has 1 saturated carbocycles. The number of Topliss-reactive ketones (excluding diaryl/α,β-unsaturated/α-hetero) is 1. The van der Waals surface area contributed by atoms with Crippen LogP contribution in [0.1, 0.15) is 56.3 Å². The lowest BCUT2D eigenvalue weighted by Crippen LogP contribution is -2.30. The molecule has 1 aromatic carbocycles. The minimum atomic E-state index is -0.0908. The summed E-state index contributed by atoms with van der Waals surface area (Å²) in [6, 6.07) is 8.27. The lowest BCUT2D eigenvalue weighted by molar-refractivity contribution is 0.0762. The van der Waals surface area contributed by atoms with Crippen molar-refractivity contribution in [2.24, 2.45) is 11.3 Å². The van der Waals surface area contributed by atoms with Crippen molar-refractivity contribution < 1.29 is 4.79 Å². The van der Waals surface area contributed by atoms with E-state index in [2.05, 4.69) is 31.4 Å². The van der Waals surface area contributed by atoms with E-state index in [0.29, 0.717) is 11.7 Å². The molecule has 1 nitrogen and oxygen atoms in total. The van der Waals surface area contributed by atoms with E-state index in [4.69, 9.17) is 0 Å². The zero-order valence-electron chi connectivity index (χ0n) is 12.3. The number of hydrogen-bond donors (Lipinski definition) is 0. The third kappa shape index (κ3) is 2.31. The van der Waals surface area contributed by atoms with Gasteiger partial charge >= 0.3 is 0 Å². The molecule has 0 unspecified atom stereocenters. The molecule has 1 aliphatic rings. The van der Waals surface area contributed by atoms with Gasteiger partial charge in [-0.1, -0.05) is 38.8 Å². The number of benzene rings is 1. The number of carbonyl (C=O) groups is 1. The molecular weight excluding hydrogens is 264 g/mol. The molecule has 1 aliphatic carbocycles. The van der Waals surface area contributed by atoms with Gasteiger partial charge in [-0.15, -0.1) is 11.3 Å². The Hall–Kier alpha value is -1.15. The SMILES string of the molecule is CC(C)CC1(C(=O)c2cccc3ccsc23)CCCC1. The van der Waals surface area contributed by atoms with E-state index < -0.39 is 0 Å². The first-order valence-corrected chi connectivity index (χ1v) is 8.51. The van der Waals surface area contributed by atoms with Gasteiger partial charge in [-0.2, -0.15) is 0 Å². The Bertz CT molecular complexity index is 617. The fraction of sp³-hybridized carbons (Fsp3) is 0.500. The van der Waals surface area contributed by atoms with Crippen molar-refractivity contribution in [3.63, 3.8) is 0 Å². The van der Waals surface area contributed by atoms with Crippen LogP contribution in [0.5, 0.6) is 0 Å². The molecule has 1 heterocycles. The van der Waals surface area contributed by atoms with Gasteiger partial charge in [-0.05, 0) is 48.1 Å². The standard InChI is InChI=1S/C18H22OS/c1-13(2)12-18(9-3-4-10-18)17(19)15-7-5-6-14-8-11-20-16(14)15/h5-8,11,13H,3-4,9-10,12H2,1-2H3. The van der Waals surface area contributed by atoms with Crippen molar-refractivity contribution in [1.82, 2.24) is 0 Å². The van der Waals surface area contributed by atoms with Crippen LogP contribution in [0.4, 0.5) is 0 Å². The van der Waals surface area contributed by atoms with Crippen molar-refractivity contribution in [2.45, 2.75) is 46.0 Å². The van der Waals surface area contributed by atoms with Crippen molar-refractivity contribution in [2.75, 3.05) is 0 Å². The Labute approximate surface area is 125 Å². The molecule has 0 saturated heterocycles. The average Bonchev–Trinajstić information content (AvgIpc) is 3.05. The molecule has 2 aromatic rings. The zero-order chi connectivity index (χ0) is 14.2. The van der Waals surface area contributed by atoms with Crippen molar-refractivity contribution in [3.8, 4) is 0 Å². The molecule has 0 aliphatic heterocycles. The summed E-state index contributed by atoms with van der Waals surface area (Å²) in [5, 5.41) is 3.30. The van der Waals surface area contributed by atoms with Crippen LogP contribution < -0.4 is 0 Å². The minimum Gasteiger partial charge on any atom is -0.294 e. The Morgan fingerprint density at radius 1 is 1.25 bits per heavy atom. The average molecular weight is 286 g/mol. The maximum atomic E-state index is 13.2. The normalized spacial score (nSPS) is 17.9. The van der Waals surface area contributed by atoms with E-state index in [0.717, 1.165) is 24.8 Å². The van der Waals surface area contributed by atoms with Crippen molar-refractivity contribution in [3.05, 3.63) is 35.2 Å². The highest BCUT2D eigenvalue weighted by atomic mass is 32.1. The molecule has 0 atom stereocenters. The summed E-state index contributed by atoms with van der Waals surface area (Å²) in [6.45, 7) is 4.47. The third-order valence-corrected chi connectivity index (χ3v) is 5.53. The number of rotatable bonds is 4. The van der Waals surface area contributed by atoms with E-state index >= 15 is 0 Å². The number of ketones is 1. The first-order chi connectivity index (χ1) is 9.62. The second kappa shape index (κ2) is 5.33. The third-order valence-electron chi connectivity index (χ3n) is 4.56. The van der Waals surface area contributed by atoms with Crippen molar-refractivity contribution >= 4 is 27.2 Å². The van der Waals surface area contributed by atoms with Crippen LogP contribution in [0.3, 0.4) is 0 Å². The van der Waals surface area contributed by atoms with Gasteiger partial charge in [-0.25, -0.2) is 0 Å². The Kier molecular flexibility index (Phi) is 3.68. The lowest BCUT2D eigenvalue weighted by Gasteiger charge is -2.29. The Balaban J connectivity index is 2.03. The van der Waals surface area contributed by atoms with Crippen LogP contribution in [0.15, 0.2) is 29.6 Å². The van der Waals surface area contributed by atoms with Gasteiger partial charge < -0.3 is 0 Å². The van der Waals surface area contributed by atoms with E-state index in [9.17, 15) is 4.79 Å². The fourth-order valence-electron chi connectivity index (χ4n) is 3.81. The van der Waals surface area contributed by atoms with E-state index in [1.165, 1.54) is 22.9 Å². The number of carbonyl (C=O) groups excluding carboxylic acids is 1.